The smallest absolute Gasteiger partial charge is 0.387 e. The molecule has 2 amide bonds. The minimum Gasteiger partial charge on any atom is -0.433 e. The number of para-hydroxylation sites is 1. The number of aryl methyl sites for hydroxylation is 1. The zero-order chi connectivity index (χ0) is 21.5. The van der Waals surface area contributed by atoms with Crippen molar-refractivity contribution >= 4 is 17.4 Å². The molecule has 0 radical (unpaired) electrons. The van der Waals surface area contributed by atoms with Gasteiger partial charge in [-0.15, -0.1) is 0 Å². The molecule has 8 heteroatoms. The van der Waals surface area contributed by atoms with Crippen LogP contribution in [0.1, 0.15) is 24.0 Å². The molecule has 1 fully saturated rings. The van der Waals surface area contributed by atoms with E-state index < -0.39 is 12.6 Å². The monoisotopic (exact) mass is 419 g/mol. The number of nitrogens with zero attached hydrogens (tertiary/aromatic N) is 1. The molecule has 3 rings (SSSR count). The number of aliphatic hydroxyl groups excluding tert-OH is 1. The summed E-state index contributed by atoms with van der Waals surface area (Å²) in [5, 5.41) is 14.6. The zero-order valence-electron chi connectivity index (χ0n) is 16.9. The second-order valence-electron chi connectivity index (χ2n) is 7.41. The highest BCUT2D eigenvalue weighted by Gasteiger charge is 2.18. The molecule has 0 spiro atoms. The molecule has 0 unspecified atom stereocenters. The summed E-state index contributed by atoms with van der Waals surface area (Å²) < 4.78 is 29.6. The topological polar surface area (TPSA) is 73.8 Å². The van der Waals surface area contributed by atoms with Crippen molar-refractivity contribution < 1.29 is 23.4 Å². The van der Waals surface area contributed by atoms with Crippen molar-refractivity contribution in [2.75, 3.05) is 29.9 Å². The SMILES string of the molecule is Cc1cccc(OC(F)F)c1NC(=O)NCc1ccc(N2CCC(CO)CC2)cc1. The van der Waals surface area contributed by atoms with E-state index in [4.69, 9.17) is 0 Å². The van der Waals surface area contributed by atoms with Gasteiger partial charge in [0.25, 0.3) is 0 Å². The van der Waals surface area contributed by atoms with Gasteiger partial charge >= 0.3 is 12.6 Å². The van der Waals surface area contributed by atoms with Crippen LogP contribution in [0.4, 0.5) is 25.0 Å². The van der Waals surface area contributed by atoms with Crippen LogP contribution < -0.4 is 20.3 Å². The molecule has 1 aliphatic heterocycles. The van der Waals surface area contributed by atoms with Gasteiger partial charge in [0.2, 0.25) is 0 Å². The number of halogens is 2. The van der Waals surface area contributed by atoms with Gasteiger partial charge in [-0.05, 0) is 55.0 Å². The number of carbonyl (C=O) groups is 1. The molecular weight excluding hydrogens is 392 g/mol. The van der Waals surface area contributed by atoms with Crippen LogP contribution in [-0.4, -0.2) is 37.4 Å². The van der Waals surface area contributed by atoms with Crippen molar-refractivity contribution in [3.63, 3.8) is 0 Å². The third-order valence-electron chi connectivity index (χ3n) is 5.32. The Bertz CT molecular complexity index is 838. The van der Waals surface area contributed by atoms with Crippen LogP contribution in [0.15, 0.2) is 42.5 Å². The van der Waals surface area contributed by atoms with Crippen molar-refractivity contribution in [3.8, 4) is 5.75 Å². The number of alkyl halides is 2. The number of urea groups is 1. The van der Waals surface area contributed by atoms with Crippen molar-refractivity contribution in [3.05, 3.63) is 53.6 Å². The lowest BCUT2D eigenvalue weighted by molar-refractivity contribution is -0.0493. The second-order valence-corrected chi connectivity index (χ2v) is 7.41. The number of carbonyl (C=O) groups excluding carboxylic acids is 1. The molecule has 1 saturated heterocycles. The van der Waals surface area contributed by atoms with E-state index in [0.29, 0.717) is 18.0 Å². The summed E-state index contributed by atoms with van der Waals surface area (Å²) >= 11 is 0. The van der Waals surface area contributed by atoms with Crippen LogP contribution in [-0.2, 0) is 6.54 Å². The molecule has 0 bridgehead atoms. The minimum absolute atomic E-state index is 0.0746. The maximum atomic E-state index is 12.6. The van der Waals surface area contributed by atoms with Crippen molar-refractivity contribution in [1.82, 2.24) is 5.32 Å². The maximum absolute atomic E-state index is 12.6. The maximum Gasteiger partial charge on any atom is 0.387 e. The number of piperidine rings is 1. The molecule has 162 valence electrons. The van der Waals surface area contributed by atoms with Crippen molar-refractivity contribution in [2.24, 2.45) is 5.92 Å². The molecule has 0 saturated carbocycles. The number of ether oxygens (including phenoxy) is 1. The van der Waals surface area contributed by atoms with Gasteiger partial charge in [0.05, 0.1) is 5.69 Å². The Morgan fingerprint density at radius 2 is 1.90 bits per heavy atom. The van der Waals surface area contributed by atoms with Gasteiger partial charge in [0.1, 0.15) is 5.75 Å². The lowest BCUT2D eigenvalue weighted by Crippen LogP contribution is -2.34. The Morgan fingerprint density at radius 3 is 2.53 bits per heavy atom. The normalized spacial score (nSPS) is 14.6. The standard InChI is InChI=1S/C22H27F2N3O3/c1-15-3-2-4-19(30-21(23)24)20(15)26-22(29)25-13-16-5-7-18(8-6-16)27-11-9-17(14-28)10-12-27/h2-8,17,21,28H,9-14H2,1H3,(H2,25,26,29). The highest BCUT2D eigenvalue weighted by Crippen LogP contribution is 2.29. The molecular formula is C22H27F2N3O3. The van der Waals surface area contributed by atoms with Crippen LogP contribution in [0.25, 0.3) is 0 Å². The Kier molecular flexibility index (Phi) is 7.46. The average molecular weight is 419 g/mol. The fourth-order valence-corrected chi connectivity index (χ4v) is 3.53. The molecule has 0 aromatic heterocycles. The minimum atomic E-state index is -2.97. The predicted molar refractivity (Wildman–Crippen MR) is 112 cm³/mol. The first-order valence-electron chi connectivity index (χ1n) is 10.00. The molecule has 2 aromatic rings. The molecule has 0 atom stereocenters. The summed E-state index contributed by atoms with van der Waals surface area (Å²) in [6.07, 6.45) is 1.96. The number of hydrogen-bond acceptors (Lipinski definition) is 4. The lowest BCUT2D eigenvalue weighted by Gasteiger charge is -2.33. The van der Waals surface area contributed by atoms with Gasteiger partial charge in [0, 0.05) is 31.9 Å². The summed E-state index contributed by atoms with van der Waals surface area (Å²) in [7, 11) is 0. The van der Waals surface area contributed by atoms with E-state index in [1.807, 2.05) is 24.3 Å². The molecule has 1 heterocycles. The van der Waals surface area contributed by atoms with E-state index in [1.54, 1.807) is 19.1 Å². The van der Waals surface area contributed by atoms with Crippen LogP contribution in [0, 0.1) is 12.8 Å². The molecule has 1 aliphatic rings. The van der Waals surface area contributed by atoms with Gasteiger partial charge in [-0.25, -0.2) is 4.79 Å². The Labute approximate surface area is 174 Å². The molecule has 30 heavy (non-hydrogen) atoms. The largest absolute Gasteiger partial charge is 0.433 e. The number of rotatable bonds is 7. The quantitative estimate of drug-likeness (QED) is 0.631. The first-order valence-corrected chi connectivity index (χ1v) is 10.00. The van der Waals surface area contributed by atoms with E-state index >= 15 is 0 Å². The fourth-order valence-electron chi connectivity index (χ4n) is 3.53. The summed E-state index contributed by atoms with van der Waals surface area (Å²) in [5.74, 6) is 0.317. The predicted octanol–water partition coefficient (Wildman–Crippen LogP) is 4.13. The Morgan fingerprint density at radius 1 is 1.20 bits per heavy atom. The number of amides is 2. The van der Waals surface area contributed by atoms with E-state index in [9.17, 15) is 18.7 Å². The zero-order valence-corrected chi connectivity index (χ0v) is 16.9. The van der Waals surface area contributed by atoms with Gasteiger partial charge in [-0.1, -0.05) is 24.3 Å². The number of benzene rings is 2. The third kappa shape index (κ3) is 5.82. The molecule has 2 aromatic carbocycles. The molecule has 3 N–H and O–H groups in total. The fraction of sp³-hybridized carbons (Fsp3) is 0.409. The van der Waals surface area contributed by atoms with E-state index in [0.717, 1.165) is 37.2 Å². The van der Waals surface area contributed by atoms with Crippen molar-refractivity contribution in [1.29, 1.82) is 0 Å². The number of aliphatic hydroxyl groups is 1. The number of anilines is 2. The van der Waals surface area contributed by atoms with Crippen LogP contribution >= 0.6 is 0 Å². The lowest BCUT2D eigenvalue weighted by atomic mass is 9.97. The third-order valence-corrected chi connectivity index (χ3v) is 5.32. The van der Waals surface area contributed by atoms with Gasteiger partial charge in [0.15, 0.2) is 0 Å². The van der Waals surface area contributed by atoms with Crippen molar-refractivity contribution in [2.45, 2.75) is 32.9 Å². The summed E-state index contributed by atoms with van der Waals surface area (Å²) in [4.78, 5) is 14.5. The van der Waals surface area contributed by atoms with E-state index in [2.05, 4.69) is 20.3 Å². The van der Waals surface area contributed by atoms with Crippen LogP contribution in [0.5, 0.6) is 5.75 Å². The summed E-state index contributed by atoms with van der Waals surface area (Å²) in [5.41, 5.74) is 2.89. The van der Waals surface area contributed by atoms with E-state index in [-0.39, 0.29) is 18.0 Å². The highest BCUT2D eigenvalue weighted by atomic mass is 19.3. The number of hydrogen-bond donors (Lipinski definition) is 3. The average Bonchev–Trinajstić information content (AvgIpc) is 2.75. The molecule has 0 aliphatic carbocycles. The summed E-state index contributed by atoms with van der Waals surface area (Å²) in [6, 6.07) is 12.1. The first-order chi connectivity index (χ1) is 14.5. The van der Waals surface area contributed by atoms with Gasteiger partial charge < -0.3 is 25.4 Å². The van der Waals surface area contributed by atoms with Crippen LogP contribution in [0.3, 0.4) is 0 Å². The summed E-state index contributed by atoms with van der Waals surface area (Å²) in [6.45, 7) is 1.13. The first kappa shape index (κ1) is 21.8. The Hall–Kier alpha value is -2.87. The van der Waals surface area contributed by atoms with Crippen LogP contribution in [0.2, 0.25) is 0 Å². The second kappa shape index (κ2) is 10.2. The van der Waals surface area contributed by atoms with E-state index in [1.165, 1.54) is 6.07 Å². The molecule has 6 nitrogen and oxygen atoms in total. The Balaban J connectivity index is 1.53. The highest BCUT2D eigenvalue weighted by molar-refractivity contribution is 5.91. The number of nitrogens with one attached hydrogen (secondary N) is 2. The van der Waals surface area contributed by atoms with Gasteiger partial charge in [-0.2, -0.15) is 8.78 Å². The van der Waals surface area contributed by atoms with Gasteiger partial charge in [-0.3, -0.25) is 0 Å².